The zero-order valence-corrected chi connectivity index (χ0v) is 10.3. The van der Waals surface area contributed by atoms with E-state index in [0.29, 0.717) is 11.8 Å². The third-order valence-electron chi connectivity index (χ3n) is 4.08. The van der Waals surface area contributed by atoms with Crippen molar-refractivity contribution in [2.24, 2.45) is 11.8 Å². The van der Waals surface area contributed by atoms with E-state index in [4.69, 9.17) is 0 Å². The van der Waals surface area contributed by atoms with Crippen LogP contribution in [0.4, 0.5) is 8.78 Å². The van der Waals surface area contributed by atoms with E-state index in [1.54, 1.807) is 18.2 Å². The third-order valence-corrected chi connectivity index (χ3v) is 4.08. The molecule has 1 N–H and O–H groups in total. The molecule has 0 saturated carbocycles. The molecule has 18 heavy (non-hydrogen) atoms. The third kappa shape index (κ3) is 2.27. The molecule has 1 aromatic carbocycles. The summed E-state index contributed by atoms with van der Waals surface area (Å²) in [4.78, 5) is 1.92. The monoisotopic (exact) mass is 252 g/mol. The molecule has 1 aromatic rings. The lowest BCUT2D eigenvalue weighted by atomic mass is 10.0. The lowest BCUT2D eigenvalue weighted by molar-refractivity contribution is -0.0342. The van der Waals surface area contributed by atoms with E-state index < -0.39 is 5.92 Å². The number of halogens is 2. The molecule has 2 aliphatic rings. The zero-order valence-electron chi connectivity index (χ0n) is 10.3. The van der Waals surface area contributed by atoms with Gasteiger partial charge < -0.3 is 5.32 Å². The molecule has 0 amide bonds. The van der Waals surface area contributed by atoms with E-state index in [9.17, 15) is 8.78 Å². The molecule has 0 bridgehead atoms. The van der Waals surface area contributed by atoms with Crippen LogP contribution in [0.25, 0.3) is 0 Å². The Hall–Kier alpha value is -1.00. The molecule has 0 radical (unpaired) electrons. The fourth-order valence-corrected chi connectivity index (χ4v) is 3.14. The Morgan fingerprint density at radius 3 is 2.33 bits per heavy atom. The number of benzene rings is 1. The molecule has 2 saturated heterocycles. The molecule has 98 valence electrons. The highest BCUT2D eigenvalue weighted by atomic mass is 19.3. The van der Waals surface area contributed by atoms with E-state index in [-0.39, 0.29) is 12.1 Å². The van der Waals surface area contributed by atoms with Gasteiger partial charge in [0.05, 0.1) is 6.54 Å². The smallest absolute Gasteiger partial charge is 0.285 e. The van der Waals surface area contributed by atoms with Crippen LogP contribution in [0.5, 0.6) is 0 Å². The van der Waals surface area contributed by atoms with Crippen molar-refractivity contribution in [1.82, 2.24) is 10.2 Å². The van der Waals surface area contributed by atoms with Crippen molar-refractivity contribution in [1.29, 1.82) is 0 Å². The summed E-state index contributed by atoms with van der Waals surface area (Å²) in [5.74, 6) is -1.61. The van der Waals surface area contributed by atoms with E-state index in [1.165, 1.54) is 12.1 Å². The average Bonchev–Trinajstić information content (AvgIpc) is 2.90. The normalized spacial score (nSPS) is 28.6. The number of nitrogens with zero attached hydrogens (tertiary/aromatic N) is 1. The number of likely N-dealkylation sites (tertiary alicyclic amines) is 1. The van der Waals surface area contributed by atoms with Gasteiger partial charge >= 0.3 is 0 Å². The topological polar surface area (TPSA) is 15.3 Å². The molecular formula is C14H18F2N2. The summed E-state index contributed by atoms with van der Waals surface area (Å²) in [6, 6.07) is 8.14. The van der Waals surface area contributed by atoms with Gasteiger partial charge in [-0.2, -0.15) is 8.78 Å². The maximum atomic E-state index is 14.1. The first-order valence-electron chi connectivity index (χ1n) is 6.51. The summed E-state index contributed by atoms with van der Waals surface area (Å²) in [6.07, 6.45) is 0. The van der Waals surface area contributed by atoms with Crippen LogP contribution in [0, 0.1) is 11.8 Å². The Morgan fingerprint density at radius 1 is 1.11 bits per heavy atom. The largest absolute Gasteiger partial charge is 0.316 e. The highest BCUT2D eigenvalue weighted by molar-refractivity contribution is 5.20. The van der Waals surface area contributed by atoms with Crippen molar-refractivity contribution < 1.29 is 8.78 Å². The van der Waals surface area contributed by atoms with Crippen LogP contribution in [0.2, 0.25) is 0 Å². The first kappa shape index (κ1) is 12.1. The van der Waals surface area contributed by atoms with E-state index in [2.05, 4.69) is 5.32 Å². The molecule has 2 aliphatic heterocycles. The summed E-state index contributed by atoms with van der Waals surface area (Å²) >= 11 is 0. The van der Waals surface area contributed by atoms with Gasteiger partial charge in [0.15, 0.2) is 0 Å². The zero-order chi connectivity index (χ0) is 12.6. The van der Waals surface area contributed by atoms with Crippen LogP contribution in [0.15, 0.2) is 30.3 Å². The van der Waals surface area contributed by atoms with Crippen LogP contribution in [-0.4, -0.2) is 37.6 Å². The minimum absolute atomic E-state index is 0.125. The van der Waals surface area contributed by atoms with E-state index in [0.717, 1.165) is 26.2 Å². The van der Waals surface area contributed by atoms with Crippen LogP contribution >= 0.6 is 0 Å². The van der Waals surface area contributed by atoms with Gasteiger partial charge in [0, 0.05) is 18.7 Å². The Kier molecular flexibility index (Phi) is 3.08. The Labute approximate surface area is 106 Å². The number of nitrogens with one attached hydrogen (secondary N) is 1. The molecule has 4 heteroatoms. The van der Waals surface area contributed by atoms with Crippen molar-refractivity contribution in [3.05, 3.63) is 35.9 Å². The van der Waals surface area contributed by atoms with Gasteiger partial charge in [-0.25, -0.2) is 0 Å². The summed E-state index contributed by atoms with van der Waals surface area (Å²) in [6.45, 7) is 3.43. The number of rotatable bonds is 3. The van der Waals surface area contributed by atoms with Gasteiger partial charge in [0.2, 0.25) is 0 Å². The predicted octanol–water partition coefficient (Wildman–Crippen LogP) is 1.93. The van der Waals surface area contributed by atoms with Crippen LogP contribution < -0.4 is 5.32 Å². The summed E-state index contributed by atoms with van der Waals surface area (Å²) < 4.78 is 28.3. The molecule has 2 heterocycles. The molecule has 2 nitrogen and oxygen atoms in total. The van der Waals surface area contributed by atoms with Gasteiger partial charge in [-0.1, -0.05) is 30.3 Å². The molecule has 2 atom stereocenters. The maximum Gasteiger partial charge on any atom is 0.285 e. The molecule has 0 aromatic heterocycles. The first-order chi connectivity index (χ1) is 8.65. The van der Waals surface area contributed by atoms with E-state index >= 15 is 0 Å². The van der Waals surface area contributed by atoms with Crippen LogP contribution in [0.1, 0.15) is 5.56 Å². The quantitative estimate of drug-likeness (QED) is 0.884. The predicted molar refractivity (Wildman–Crippen MR) is 66.6 cm³/mol. The second-order valence-electron chi connectivity index (χ2n) is 5.44. The van der Waals surface area contributed by atoms with Gasteiger partial charge in [0.1, 0.15) is 0 Å². The summed E-state index contributed by atoms with van der Waals surface area (Å²) in [5, 5.41) is 3.33. The van der Waals surface area contributed by atoms with E-state index in [1.807, 2.05) is 4.90 Å². The highest BCUT2D eigenvalue weighted by Gasteiger charge is 2.41. The van der Waals surface area contributed by atoms with Crippen LogP contribution in [0.3, 0.4) is 0 Å². The van der Waals surface area contributed by atoms with Crippen LogP contribution in [-0.2, 0) is 5.92 Å². The fourth-order valence-electron chi connectivity index (χ4n) is 3.14. The standard InChI is InChI=1S/C14H18F2N2/c15-14(16,13-4-2-1-3-5-13)10-18-8-11-6-17-7-12(11)9-18/h1-5,11-12,17H,6-10H2/t11-,12+. The molecular weight excluding hydrogens is 234 g/mol. The van der Waals surface area contributed by atoms with Gasteiger partial charge in [-0.05, 0) is 24.9 Å². The second kappa shape index (κ2) is 4.59. The number of alkyl halides is 2. The fraction of sp³-hybridized carbons (Fsp3) is 0.571. The maximum absolute atomic E-state index is 14.1. The van der Waals surface area contributed by atoms with Gasteiger partial charge in [-0.15, -0.1) is 0 Å². The SMILES string of the molecule is FC(F)(CN1C[C@H]2CNC[C@H]2C1)c1ccccc1. The molecule has 2 fully saturated rings. The summed E-state index contributed by atoms with van der Waals surface area (Å²) in [7, 11) is 0. The van der Waals surface area contributed by atoms with Crippen molar-refractivity contribution >= 4 is 0 Å². The number of fused-ring (bicyclic) bond motifs is 1. The van der Waals surface area contributed by atoms with Crippen molar-refractivity contribution in [2.45, 2.75) is 5.92 Å². The molecule has 0 spiro atoms. The molecule has 0 unspecified atom stereocenters. The van der Waals surface area contributed by atoms with Crippen molar-refractivity contribution in [3.8, 4) is 0 Å². The average molecular weight is 252 g/mol. The molecule has 3 rings (SSSR count). The van der Waals surface area contributed by atoms with Gasteiger partial charge in [0.25, 0.3) is 5.92 Å². The lowest BCUT2D eigenvalue weighted by Gasteiger charge is -2.24. The van der Waals surface area contributed by atoms with Crippen molar-refractivity contribution in [2.75, 3.05) is 32.7 Å². The Bertz CT molecular complexity index is 396. The number of hydrogen-bond donors (Lipinski definition) is 1. The lowest BCUT2D eigenvalue weighted by Crippen LogP contribution is -2.35. The van der Waals surface area contributed by atoms with Crippen molar-refractivity contribution in [3.63, 3.8) is 0 Å². The number of hydrogen-bond acceptors (Lipinski definition) is 2. The second-order valence-corrected chi connectivity index (χ2v) is 5.44. The Morgan fingerprint density at radius 2 is 1.72 bits per heavy atom. The van der Waals surface area contributed by atoms with Gasteiger partial charge in [-0.3, -0.25) is 4.90 Å². The highest BCUT2D eigenvalue weighted by Crippen LogP contribution is 2.33. The minimum atomic E-state index is -2.74. The Balaban J connectivity index is 1.66. The summed E-state index contributed by atoms with van der Waals surface area (Å²) in [5.41, 5.74) is 0.125. The molecule has 0 aliphatic carbocycles. The first-order valence-corrected chi connectivity index (χ1v) is 6.51. The minimum Gasteiger partial charge on any atom is -0.316 e.